The van der Waals surface area contributed by atoms with Crippen LogP contribution in [0.1, 0.15) is 13.8 Å². The quantitative estimate of drug-likeness (QED) is 0.286. The van der Waals surface area contributed by atoms with Gasteiger partial charge in [-0.1, -0.05) is 18.7 Å². The molecule has 0 rings (SSSR count). The molecule has 98 valence electrons. The molecule has 0 aliphatic carbocycles. The van der Waals surface area contributed by atoms with Crippen molar-refractivity contribution < 1.29 is 19.8 Å². The van der Waals surface area contributed by atoms with Crippen molar-refractivity contribution in [3.63, 3.8) is 0 Å². The molecule has 18 heavy (non-hydrogen) atoms. The molecule has 0 aromatic rings. The molecular formula is C13H17NO4. The van der Waals surface area contributed by atoms with Crippen LogP contribution in [-0.2, 0) is 9.59 Å². The lowest BCUT2D eigenvalue weighted by Gasteiger charge is -2.05. The first kappa shape index (κ1) is 15.9. The molecule has 0 heterocycles. The maximum absolute atomic E-state index is 11.6. The van der Waals surface area contributed by atoms with Crippen molar-refractivity contribution in [2.24, 2.45) is 0 Å². The lowest BCUT2D eigenvalue weighted by molar-refractivity contribution is -0.134. The fourth-order valence-corrected chi connectivity index (χ4v) is 1.05. The van der Waals surface area contributed by atoms with Gasteiger partial charge in [-0.2, -0.15) is 0 Å². The highest BCUT2D eigenvalue weighted by Crippen LogP contribution is 2.10. The van der Waals surface area contributed by atoms with Gasteiger partial charge >= 0.3 is 5.97 Å². The fraction of sp³-hybridized carbons (Fsp3) is 0.231. The molecule has 0 bridgehead atoms. The minimum absolute atomic E-state index is 0.332. The van der Waals surface area contributed by atoms with E-state index < -0.39 is 17.4 Å². The van der Waals surface area contributed by atoms with Gasteiger partial charge in [0.25, 0.3) is 5.91 Å². The Morgan fingerprint density at radius 2 is 2.00 bits per heavy atom. The highest BCUT2D eigenvalue weighted by atomic mass is 16.4. The molecule has 0 saturated heterocycles. The maximum Gasteiger partial charge on any atom is 0.341 e. The van der Waals surface area contributed by atoms with E-state index in [-0.39, 0.29) is 6.61 Å². The van der Waals surface area contributed by atoms with Crippen molar-refractivity contribution in [2.75, 3.05) is 6.61 Å². The Morgan fingerprint density at radius 1 is 1.39 bits per heavy atom. The van der Waals surface area contributed by atoms with Gasteiger partial charge in [-0.05, 0) is 37.3 Å². The maximum atomic E-state index is 11.6. The number of amides is 1. The molecule has 0 fully saturated rings. The fourth-order valence-electron chi connectivity index (χ4n) is 1.05. The second-order valence-corrected chi connectivity index (χ2v) is 3.41. The smallest absolute Gasteiger partial charge is 0.341 e. The van der Waals surface area contributed by atoms with Crippen LogP contribution in [0.3, 0.4) is 0 Å². The number of aliphatic hydroxyl groups is 1. The molecule has 1 amide bonds. The number of carboxylic acids is 1. The standard InChI is InChI=1S/C13H17NO4/c1-4-6-14-12(16)11(13(17)18)7-10(8-15)9(3)5-2/h4-7,15H,2,8H2,1,3H3,(H,14,16)(H,17,18)/b6-4-,10-9-,11-7+. The Bertz CT molecular complexity index is 430. The third kappa shape index (κ3) is 4.80. The molecule has 0 aromatic heterocycles. The first-order valence-electron chi connectivity index (χ1n) is 5.28. The largest absolute Gasteiger partial charge is 0.477 e. The molecule has 0 aliphatic heterocycles. The SMILES string of the molecule is C=C/C(C)=C(/C=C(/C(=O)O)C(=O)N/C=C\C)CO. The average molecular weight is 251 g/mol. The normalized spacial score (nSPS) is 13.2. The summed E-state index contributed by atoms with van der Waals surface area (Å²) < 4.78 is 0. The lowest BCUT2D eigenvalue weighted by atomic mass is 10.1. The first-order chi connectivity index (χ1) is 8.47. The van der Waals surface area contributed by atoms with Crippen molar-refractivity contribution in [3.05, 3.63) is 47.7 Å². The Balaban J connectivity index is 5.41. The van der Waals surface area contributed by atoms with E-state index in [0.29, 0.717) is 11.1 Å². The molecule has 0 atom stereocenters. The van der Waals surface area contributed by atoms with E-state index in [1.165, 1.54) is 12.3 Å². The summed E-state index contributed by atoms with van der Waals surface area (Å²) in [4.78, 5) is 22.5. The minimum atomic E-state index is -1.36. The second-order valence-electron chi connectivity index (χ2n) is 3.41. The van der Waals surface area contributed by atoms with Crippen LogP contribution in [-0.4, -0.2) is 28.7 Å². The molecule has 3 N–H and O–H groups in total. The molecule has 0 unspecified atom stereocenters. The molecule has 0 radical (unpaired) electrons. The predicted molar refractivity (Wildman–Crippen MR) is 68.7 cm³/mol. The number of aliphatic carboxylic acids is 1. The van der Waals surface area contributed by atoms with E-state index in [9.17, 15) is 9.59 Å². The van der Waals surface area contributed by atoms with Gasteiger partial charge in [0.1, 0.15) is 5.57 Å². The summed E-state index contributed by atoms with van der Waals surface area (Å²) in [7, 11) is 0. The summed E-state index contributed by atoms with van der Waals surface area (Å²) in [5.41, 5.74) is 0.492. The van der Waals surface area contributed by atoms with E-state index in [0.717, 1.165) is 6.08 Å². The Labute approximate surface area is 106 Å². The molecule has 0 saturated carbocycles. The molecule has 0 spiro atoms. The van der Waals surface area contributed by atoms with Gasteiger partial charge in [0.15, 0.2) is 0 Å². The first-order valence-corrected chi connectivity index (χ1v) is 5.28. The summed E-state index contributed by atoms with van der Waals surface area (Å²) in [5.74, 6) is -2.11. The molecular weight excluding hydrogens is 234 g/mol. The second kappa shape index (κ2) is 8.03. The zero-order valence-corrected chi connectivity index (χ0v) is 10.4. The van der Waals surface area contributed by atoms with E-state index in [1.807, 2.05) is 0 Å². The highest BCUT2D eigenvalue weighted by Gasteiger charge is 2.17. The third-order valence-electron chi connectivity index (χ3n) is 2.16. The Kier molecular flexibility index (Phi) is 7.07. The zero-order valence-electron chi connectivity index (χ0n) is 10.4. The van der Waals surface area contributed by atoms with Crippen LogP contribution in [0, 0.1) is 0 Å². The monoisotopic (exact) mass is 251 g/mol. The number of hydrogen-bond acceptors (Lipinski definition) is 3. The number of hydrogen-bond donors (Lipinski definition) is 3. The van der Waals surface area contributed by atoms with E-state index >= 15 is 0 Å². The van der Waals surface area contributed by atoms with Crippen molar-refractivity contribution >= 4 is 11.9 Å². The topological polar surface area (TPSA) is 86.6 Å². The van der Waals surface area contributed by atoms with Crippen LogP contribution in [0.4, 0.5) is 0 Å². The number of nitrogens with one attached hydrogen (secondary N) is 1. The van der Waals surface area contributed by atoms with Crippen LogP contribution in [0.5, 0.6) is 0 Å². The van der Waals surface area contributed by atoms with Gasteiger partial charge in [0, 0.05) is 0 Å². The number of carbonyl (C=O) groups excluding carboxylic acids is 1. The van der Waals surface area contributed by atoms with Crippen molar-refractivity contribution in [3.8, 4) is 0 Å². The van der Waals surface area contributed by atoms with Crippen LogP contribution in [0.25, 0.3) is 0 Å². The van der Waals surface area contributed by atoms with Gasteiger partial charge in [0.2, 0.25) is 0 Å². The van der Waals surface area contributed by atoms with Gasteiger partial charge in [0.05, 0.1) is 6.61 Å². The molecule has 5 nitrogen and oxygen atoms in total. The number of allylic oxidation sites excluding steroid dienone is 3. The van der Waals surface area contributed by atoms with Gasteiger partial charge in [-0.15, -0.1) is 0 Å². The minimum Gasteiger partial charge on any atom is -0.477 e. The predicted octanol–water partition coefficient (Wildman–Crippen LogP) is 1.14. The van der Waals surface area contributed by atoms with E-state index in [1.54, 1.807) is 19.9 Å². The van der Waals surface area contributed by atoms with Crippen LogP contribution in [0.15, 0.2) is 47.7 Å². The van der Waals surface area contributed by atoms with Crippen molar-refractivity contribution in [1.29, 1.82) is 0 Å². The number of carboxylic acid groups (broad SMARTS) is 1. The van der Waals surface area contributed by atoms with Gasteiger partial charge in [-0.25, -0.2) is 4.79 Å². The third-order valence-corrected chi connectivity index (χ3v) is 2.16. The molecule has 0 aliphatic rings. The van der Waals surface area contributed by atoms with E-state index in [2.05, 4.69) is 11.9 Å². The number of aliphatic hydroxyl groups excluding tert-OH is 1. The van der Waals surface area contributed by atoms with Gasteiger partial charge < -0.3 is 15.5 Å². The number of carbonyl (C=O) groups is 2. The van der Waals surface area contributed by atoms with Gasteiger partial charge in [-0.3, -0.25) is 4.79 Å². The van der Waals surface area contributed by atoms with E-state index in [4.69, 9.17) is 10.2 Å². The van der Waals surface area contributed by atoms with Crippen molar-refractivity contribution in [2.45, 2.75) is 13.8 Å². The summed E-state index contributed by atoms with van der Waals surface area (Å²) in [6.07, 6.45) is 5.51. The molecule has 5 heteroatoms. The zero-order chi connectivity index (χ0) is 14.1. The highest BCUT2D eigenvalue weighted by molar-refractivity contribution is 6.16. The summed E-state index contributed by atoms with van der Waals surface area (Å²) >= 11 is 0. The average Bonchev–Trinajstić information content (AvgIpc) is 2.35. The summed E-state index contributed by atoms with van der Waals surface area (Å²) in [6.45, 7) is 6.50. The lowest BCUT2D eigenvalue weighted by Crippen LogP contribution is -2.24. The Morgan fingerprint density at radius 3 is 2.39 bits per heavy atom. The van der Waals surface area contributed by atoms with Crippen LogP contribution < -0.4 is 5.32 Å². The van der Waals surface area contributed by atoms with Crippen molar-refractivity contribution in [1.82, 2.24) is 5.32 Å². The van der Waals surface area contributed by atoms with Crippen LogP contribution >= 0.6 is 0 Å². The summed E-state index contributed by atoms with van der Waals surface area (Å²) in [6, 6.07) is 0. The van der Waals surface area contributed by atoms with Crippen LogP contribution in [0.2, 0.25) is 0 Å². The Hall–Kier alpha value is -2.14. The summed E-state index contributed by atoms with van der Waals surface area (Å²) in [5, 5.41) is 20.4. The molecule has 0 aromatic carbocycles. The number of rotatable bonds is 6.